The Balaban J connectivity index is 1.80. The number of likely N-dealkylation sites (N-methyl/N-ethyl adjacent to an activating group) is 2. The lowest BCUT2D eigenvalue weighted by Crippen LogP contribution is -2.59. The number of amides is 4. The smallest absolute Gasteiger partial charge is 0.326 e. The number of aliphatic carboxylic acids is 1. The highest BCUT2D eigenvalue weighted by molar-refractivity contribution is 5.90. The zero-order valence-electron chi connectivity index (χ0n) is 33.6. The van der Waals surface area contributed by atoms with Gasteiger partial charge in [0.25, 0.3) is 0 Å². The molecule has 1 heterocycles. The van der Waals surface area contributed by atoms with Crippen molar-refractivity contribution in [3.05, 3.63) is 35.9 Å². The monoisotopic (exact) mass is 743 g/mol. The van der Waals surface area contributed by atoms with E-state index in [0.717, 1.165) is 18.4 Å². The molecule has 1 aliphatic carbocycles. The largest absolute Gasteiger partial charge is 0.480 e. The first-order valence-electron chi connectivity index (χ1n) is 19.2. The molecule has 53 heavy (non-hydrogen) atoms. The van der Waals surface area contributed by atoms with Gasteiger partial charge in [-0.15, -0.1) is 0 Å². The molecule has 4 N–H and O–H groups in total. The topological polar surface area (TPSA) is 167 Å². The number of hydrogen-bond donors (Lipinski definition) is 4. The van der Waals surface area contributed by atoms with E-state index in [2.05, 4.69) is 16.0 Å². The molecule has 298 valence electrons. The quantitative estimate of drug-likeness (QED) is 0.148. The third-order valence-electron chi connectivity index (χ3n) is 11.5. The Hall–Kier alpha value is -3.55. The molecule has 2 aliphatic rings. The van der Waals surface area contributed by atoms with Crippen LogP contribution in [0, 0.1) is 29.6 Å². The SMILES string of the molecule is CC[C@H](C)[C@@H](C(CC(=O)N1C2C[C@H]2C[C@H]1C(OC)[C@@H](C)C(=O)N[C@@H](Cc1ccccc1)C(=O)O)OC)N(C)C(=O)[C@@H](NC(=O)[C@@H](NC)C(C)C)C(C)C. The summed E-state index contributed by atoms with van der Waals surface area (Å²) in [7, 11) is 6.51. The summed E-state index contributed by atoms with van der Waals surface area (Å²) in [6.45, 7) is 13.4. The van der Waals surface area contributed by atoms with Crippen LogP contribution in [-0.2, 0) is 39.9 Å². The summed E-state index contributed by atoms with van der Waals surface area (Å²) in [5.74, 6) is -2.89. The van der Waals surface area contributed by atoms with Crippen LogP contribution in [0.15, 0.2) is 30.3 Å². The molecule has 1 aromatic carbocycles. The Morgan fingerprint density at radius 3 is 2.04 bits per heavy atom. The average molecular weight is 744 g/mol. The lowest BCUT2D eigenvalue weighted by Gasteiger charge is -2.41. The second-order valence-corrected chi connectivity index (χ2v) is 15.8. The van der Waals surface area contributed by atoms with Crippen LogP contribution in [0.2, 0.25) is 0 Å². The highest BCUT2D eigenvalue weighted by Gasteiger charge is 2.57. The van der Waals surface area contributed by atoms with Gasteiger partial charge in [-0.25, -0.2) is 4.79 Å². The van der Waals surface area contributed by atoms with Crippen molar-refractivity contribution in [3.63, 3.8) is 0 Å². The van der Waals surface area contributed by atoms with Gasteiger partial charge >= 0.3 is 5.97 Å². The van der Waals surface area contributed by atoms with E-state index in [-0.39, 0.29) is 54.4 Å². The molecule has 13 nitrogen and oxygen atoms in total. The first-order valence-corrected chi connectivity index (χ1v) is 19.2. The first-order chi connectivity index (χ1) is 25.0. The fourth-order valence-corrected chi connectivity index (χ4v) is 8.10. The van der Waals surface area contributed by atoms with E-state index in [1.807, 2.05) is 76.8 Å². The van der Waals surface area contributed by atoms with Crippen LogP contribution in [0.1, 0.15) is 79.7 Å². The number of piperidine rings is 1. The maximum absolute atomic E-state index is 14.4. The molecule has 1 aliphatic heterocycles. The van der Waals surface area contributed by atoms with Gasteiger partial charge in [-0.05, 0) is 49.1 Å². The van der Waals surface area contributed by atoms with E-state index in [9.17, 15) is 29.1 Å². The third kappa shape index (κ3) is 10.8. The fourth-order valence-electron chi connectivity index (χ4n) is 8.10. The van der Waals surface area contributed by atoms with Gasteiger partial charge in [0.2, 0.25) is 23.6 Å². The Labute approximate surface area is 316 Å². The Bertz CT molecular complexity index is 1390. The first kappa shape index (κ1) is 43.9. The third-order valence-corrected chi connectivity index (χ3v) is 11.5. The highest BCUT2D eigenvalue weighted by atomic mass is 16.5. The summed E-state index contributed by atoms with van der Waals surface area (Å²) in [5, 5.41) is 18.6. The number of carboxylic acids is 1. The molecule has 1 saturated carbocycles. The van der Waals surface area contributed by atoms with E-state index < -0.39 is 60.2 Å². The second kappa shape index (κ2) is 19.7. The molecule has 1 saturated heterocycles. The van der Waals surface area contributed by atoms with Crippen molar-refractivity contribution in [1.29, 1.82) is 0 Å². The van der Waals surface area contributed by atoms with Crippen molar-refractivity contribution >= 4 is 29.6 Å². The van der Waals surface area contributed by atoms with Crippen LogP contribution in [0.5, 0.6) is 0 Å². The van der Waals surface area contributed by atoms with Gasteiger partial charge in [-0.2, -0.15) is 0 Å². The lowest BCUT2D eigenvalue weighted by molar-refractivity contribution is -0.149. The molecule has 4 amide bonds. The van der Waals surface area contributed by atoms with Crippen LogP contribution < -0.4 is 16.0 Å². The molecule has 13 heteroatoms. The van der Waals surface area contributed by atoms with E-state index in [0.29, 0.717) is 12.3 Å². The molecule has 11 atom stereocenters. The zero-order chi connectivity index (χ0) is 39.7. The number of carboxylic acid groups (broad SMARTS) is 1. The number of benzene rings is 1. The molecule has 0 radical (unpaired) electrons. The number of nitrogens with one attached hydrogen (secondary N) is 3. The lowest BCUT2D eigenvalue weighted by atomic mass is 9.89. The van der Waals surface area contributed by atoms with Crippen LogP contribution in [0.3, 0.4) is 0 Å². The standard InChI is InChI=1S/C40H65N5O8/c1-12-24(6)35(44(9)39(49)34(23(4)5)43-38(48)33(41-8)22(2)3)31(52-10)21-32(46)45-29-19-27(29)20-30(45)36(53-11)25(7)37(47)42-28(40(50)51)18-26-16-14-13-15-17-26/h13-17,22-25,27-31,33-36,41H,12,18-21H2,1-11H3,(H,42,47)(H,43,48)(H,50,51)/t24-,25+,27-,28-,29?,30-,31?,33-,34-,35-,36?/m0/s1. The van der Waals surface area contributed by atoms with E-state index in [1.54, 1.807) is 33.0 Å². The summed E-state index contributed by atoms with van der Waals surface area (Å²) >= 11 is 0. The Morgan fingerprint density at radius 2 is 1.53 bits per heavy atom. The summed E-state index contributed by atoms with van der Waals surface area (Å²) < 4.78 is 12.0. The number of methoxy groups -OCH3 is 2. The summed E-state index contributed by atoms with van der Waals surface area (Å²) in [6.07, 6.45) is 1.08. The maximum atomic E-state index is 14.4. The molecule has 1 aromatic rings. The minimum absolute atomic E-state index is 0.00586. The summed E-state index contributed by atoms with van der Waals surface area (Å²) in [5.41, 5.74) is 0.789. The molecular formula is C40H65N5O8. The molecule has 3 rings (SSSR count). The number of hydrogen-bond acceptors (Lipinski definition) is 8. The fraction of sp³-hybridized carbons (Fsp3) is 0.725. The van der Waals surface area contributed by atoms with Gasteiger partial charge in [0.05, 0.1) is 42.7 Å². The molecule has 3 unspecified atom stereocenters. The van der Waals surface area contributed by atoms with Crippen LogP contribution in [0.25, 0.3) is 0 Å². The number of fused-ring (bicyclic) bond motifs is 1. The minimum Gasteiger partial charge on any atom is -0.480 e. The number of likely N-dealkylation sites (tertiary alicyclic amines) is 1. The van der Waals surface area contributed by atoms with Crippen molar-refractivity contribution in [1.82, 2.24) is 25.8 Å². The van der Waals surface area contributed by atoms with Crippen molar-refractivity contribution in [3.8, 4) is 0 Å². The van der Waals surface area contributed by atoms with Crippen molar-refractivity contribution in [2.24, 2.45) is 29.6 Å². The Kier molecular flexibility index (Phi) is 16.3. The van der Waals surface area contributed by atoms with Gasteiger partial charge in [0.1, 0.15) is 12.1 Å². The second-order valence-electron chi connectivity index (χ2n) is 15.8. The maximum Gasteiger partial charge on any atom is 0.326 e. The van der Waals surface area contributed by atoms with Gasteiger partial charge in [0, 0.05) is 33.7 Å². The molecule has 0 spiro atoms. The highest BCUT2D eigenvalue weighted by Crippen LogP contribution is 2.50. The zero-order valence-corrected chi connectivity index (χ0v) is 33.6. The minimum atomic E-state index is -1.13. The van der Waals surface area contributed by atoms with Gasteiger partial charge in [-0.1, -0.05) is 85.2 Å². The molecule has 0 aromatic heterocycles. The van der Waals surface area contributed by atoms with Crippen LogP contribution >= 0.6 is 0 Å². The summed E-state index contributed by atoms with van der Waals surface area (Å²) in [4.78, 5) is 70.9. The van der Waals surface area contributed by atoms with Crippen molar-refractivity contribution in [2.75, 3.05) is 28.3 Å². The van der Waals surface area contributed by atoms with Crippen LogP contribution in [-0.4, -0.2) is 121 Å². The van der Waals surface area contributed by atoms with E-state index >= 15 is 0 Å². The number of ether oxygens (including phenoxy) is 2. The predicted octanol–water partition coefficient (Wildman–Crippen LogP) is 3.10. The number of carbonyl (C=O) groups is 5. The van der Waals surface area contributed by atoms with Crippen molar-refractivity contribution in [2.45, 2.75) is 129 Å². The normalized spacial score (nSPS) is 22.5. The average Bonchev–Trinajstić information content (AvgIpc) is 3.78. The van der Waals surface area contributed by atoms with Gasteiger partial charge in [-0.3, -0.25) is 19.2 Å². The molecular weight excluding hydrogens is 678 g/mol. The van der Waals surface area contributed by atoms with Crippen molar-refractivity contribution < 1.29 is 38.6 Å². The van der Waals surface area contributed by atoms with E-state index in [1.165, 1.54) is 7.11 Å². The Morgan fingerprint density at radius 1 is 0.906 bits per heavy atom. The van der Waals surface area contributed by atoms with Gasteiger partial charge in [0.15, 0.2) is 0 Å². The van der Waals surface area contributed by atoms with Gasteiger partial charge < -0.3 is 40.3 Å². The van der Waals surface area contributed by atoms with Crippen LogP contribution in [0.4, 0.5) is 0 Å². The number of rotatable bonds is 21. The summed E-state index contributed by atoms with van der Waals surface area (Å²) in [6, 6.07) is 5.92. The van der Waals surface area contributed by atoms with E-state index in [4.69, 9.17) is 9.47 Å². The number of carbonyl (C=O) groups excluding carboxylic acids is 4. The molecule has 0 bridgehead atoms. The number of nitrogens with zero attached hydrogens (tertiary/aromatic N) is 2. The predicted molar refractivity (Wildman–Crippen MR) is 203 cm³/mol. The molecule has 2 fully saturated rings.